The number of anilines is 1. The first kappa shape index (κ1) is 13.4. The Morgan fingerprint density at radius 3 is 2.52 bits per heavy atom. The first-order valence-corrected chi connectivity index (χ1v) is 8.57. The number of nitrogens with zero attached hydrogens (tertiary/aromatic N) is 2. The molecular formula is C18H27N3. The average molecular weight is 285 g/mol. The van der Waals surface area contributed by atoms with Crippen molar-refractivity contribution in [2.45, 2.75) is 58.0 Å². The summed E-state index contributed by atoms with van der Waals surface area (Å²) in [6, 6.07) is 0.525. The normalized spacial score (nSPS) is 38.4. The lowest BCUT2D eigenvalue weighted by Crippen LogP contribution is -2.53. The third-order valence-electron chi connectivity index (χ3n) is 6.39. The van der Waals surface area contributed by atoms with E-state index in [9.17, 15) is 0 Å². The summed E-state index contributed by atoms with van der Waals surface area (Å²) in [7, 11) is 0. The Bertz CT molecular complexity index is 495. The van der Waals surface area contributed by atoms with Crippen LogP contribution in [0.5, 0.6) is 0 Å². The molecule has 0 saturated heterocycles. The van der Waals surface area contributed by atoms with Crippen LogP contribution in [0.25, 0.3) is 0 Å². The fourth-order valence-electron chi connectivity index (χ4n) is 5.79. The molecule has 1 aromatic heterocycles. The largest absolute Gasteiger partial charge is 0.353 e. The molecule has 1 unspecified atom stereocenters. The van der Waals surface area contributed by atoms with Gasteiger partial charge in [-0.2, -0.15) is 0 Å². The third kappa shape index (κ3) is 2.21. The third-order valence-corrected chi connectivity index (χ3v) is 6.39. The molecule has 1 N–H and O–H groups in total. The summed E-state index contributed by atoms with van der Waals surface area (Å²) in [5.74, 6) is 4.04. The van der Waals surface area contributed by atoms with E-state index in [0.29, 0.717) is 11.5 Å². The van der Waals surface area contributed by atoms with Gasteiger partial charge in [0, 0.05) is 25.0 Å². The van der Waals surface area contributed by atoms with Crippen molar-refractivity contribution in [1.29, 1.82) is 0 Å². The molecule has 21 heavy (non-hydrogen) atoms. The summed E-state index contributed by atoms with van der Waals surface area (Å²) in [5.41, 5.74) is 0.527. The minimum Gasteiger partial charge on any atom is -0.353 e. The number of allylic oxidation sites excluding steroid dienone is 1. The molecule has 3 heteroatoms. The molecular weight excluding hydrogens is 258 g/mol. The van der Waals surface area contributed by atoms with Crippen molar-refractivity contribution in [2.75, 3.05) is 5.32 Å². The number of rotatable bonds is 5. The first-order chi connectivity index (χ1) is 10.2. The van der Waals surface area contributed by atoms with Crippen LogP contribution in [-0.4, -0.2) is 15.6 Å². The van der Waals surface area contributed by atoms with Gasteiger partial charge in [-0.15, -0.1) is 6.58 Å². The Kier molecular flexibility index (Phi) is 3.13. The van der Waals surface area contributed by atoms with E-state index in [0.717, 1.165) is 30.2 Å². The molecule has 3 nitrogen and oxygen atoms in total. The van der Waals surface area contributed by atoms with Crippen molar-refractivity contribution in [3.05, 3.63) is 25.0 Å². The van der Waals surface area contributed by atoms with Gasteiger partial charge in [0.1, 0.15) is 0 Å². The Morgan fingerprint density at radius 1 is 1.33 bits per heavy atom. The van der Waals surface area contributed by atoms with Crippen molar-refractivity contribution in [3.8, 4) is 0 Å². The summed E-state index contributed by atoms with van der Waals surface area (Å²) in [6.45, 7) is 7.05. The zero-order chi connectivity index (χ0) is 14.4. The SMILES string of the molecule is C=CCn1ccnc1NC(C)C12CC3CC(CC(C3)C1)C2. The zero-order valence-electron chi connectivity index (χ0n) is 13.1. The van der Waals surface area contributed by atoms with E-state index in [2.05, 4.69) is 28.4 Å². The number of aromatic nitrogens is 2. The number of imidazole rings is 1. The van der Waals surface area contributed by atoms with E-state index in [1.54, 1.807) is 0 Å². The van der Waals surface area contributed by atoms with Gasteiger partial charge in [-0.3, -0.25) is 0 Å². The van der Waals surface area contributed by atoms with Gasteiger partial charge in [0.25, 0.3) is 0 Å². The van der Waals surface area contributed by atoms with Crippen LogP contribution in [0.15, 0.2) is 25.0 Å². The molecule has 0 aliphatic heterocycles. The molecule has 4 fully saturated rings. The van der Waals surface area contributed by atoms with Gasteiger partial charge < -0.3 is 9.88 Å². The summed E-state index contributed by atoms with van der Waals surface area (Å²) in [5, 5.41) is 3.74. The zero-order valence-corrected chi connectivity index (χ0v) is 13.1. The van der Waals surface area contributed by atoms with Crippen LogP contribution in [0.1, 0.15) is 45.4 Å². The molecule has 114 valence electrons. The molecule has 5 rings (SSSR count). The lowest BCUT2D eigenvalue weighted by molar-refractivity contribution is -0.0604. The van der Waals surface area contributed by atoms with Gasteiger partial charge >= 0.3 is 0 Å². The van der Waals surface area contributed by atoms with Crippen molar-refractivity contribution in [3.63, 3.8) is 0 Å². The minimum absolute atomic E-state index is 0.525. The highest BCUT2D eigenvalue weighted by atomic mass is 15.2. The van der Waals surface area contributed by atoms with Crippen LogP contribution in [0.2, 0.25) is 0 Å². The maximum Gasteiger partial charge on any atom is 0.203 e. The van der Waals surface area contributed by atoms with Gasteiger partial charge in [0.15, 0.2) is 0 Å². The highest BCUT2D eigenvalue weighted by Crippen LogP contribution is 2.61. The van der Waals surface area contributed by atoms with Gasteiger partial charge in [0.05, 0.1) is 0 Å². The quantitative estimate of drug-likeness (QED) is 0.826. The second kappa shape index (κ2) is 4.89. The Morgan fingerprint density at radius 2 is 1.95 bits per heavy atom. The number of hydrogen-bond acceptors (Lipinski definition) is 2. The number of hydrogen-bond donors (Lipinski definition) is 1. The molecule has 4 aliphatic rings. The fraction of sp³-hybridized carbons (Fsp3) is 0.722. The molecule has 0 spiro atoms. The summed E-state index contributed by atoms with van der Waals surface area (Å²) >= 11 is 0. The van der Waals surface area contributed by atoms with E-state index in [1.807, 2.05) is 18.5 Å². The van der Waals surface area contributed by atoms with E-state index >= 15 is 0 Å². The Balaban J connectivity index is 1.53. The van der Waals surface area contributed by atoms with Crippen LogP contribution in [0.3, 0.4) is 0 Å². The van der Waals surface area contributed by atoms with Crippen molar-refractivity contribution in [2.24, 2.45) is 23.2 Å². The minimum atomic E-state index is 0.525. The van der Waals surface area contributed by atoms with E-state index < -0.39 is 0 Å². The monoisotopic (exact) mass is 285 g/mol. The maximum absolute atomic E-state index is 4.51. The molecule has 4 bridgehead atoms. The molecule has 0 radical (unpaired) electrons. The molecule has 1 aromatic rings. The predicted molar refractivity (Wildman–Crippen MR) is 86.1 cm³/mol. The second-order valence-electron chi connectivity index (χ2n) is 7.84. The van der Waals surface area contributed by atoms with E-state index in [1.165, 1.54) is 38.5 Å². The Labute approximate surface area is 127 Å². The summed E-state index contributed by atoms with van der Waals surface area (Å²) < 4.78 is 2.16. The highest BCUT2D eigenvalue weighted by molar-refractivity contribution is 5.29. The predicted octanol–water partition coefficient (Wildman–Crippen LogP) is 4.09. The fourth-order valence-corrected chi connectivity index (χ4v) is 5.79. The van der Waals surface area contributed by atoms with Crippen LogP contribution in [0.4, 0.5) is 5.95 Å². The summed E-state index contributed by atoms with van der Waals surface area (Å²) in [6.07, 6.45) is 14.7. The van der Waals surface area contributed by atoms with Crippen LogP contribution < -0.4 is 5.32 Å². The standard InChI is InChI=1S/C18H27N3/c1-3-5-21-6-4-19-17(21)20-13(2)18-10-14-7-15(11-18)9-16(8-14)12-18/h3-4,6,13-16H,1,5,7-12H2,2H3,(H,19,20). The van der Waals surface area contributed by atoms with Crippen molar-refractivity contribution in [1.82, 2.24) is 9.55 Å². The molecule has 1 atom stereocenters. The lowest BCUT2D eigenvalue weighted by atomic mass is 9.48. The van der Waals surface area contributed by atoms with Gasteiger partial charge in [0.2, 0.25) is 5.95 Å². The molecule has 0 aromatic carbocycles. The van der Waals surface area contributed by atoms with Gasteiger partial charge in [-0.25, -0.2) is 4.98 Å². The molecule has 0 amide bonds. The molecule has 1 heterocycles. The topological polar surface area (TPSA) is 29.9 Å². The maximum atomic E-state index is 4.51. The smallest absolute Gasteiger partial charge is 0.203 e. The lowest BCUT2D eigenvalue weighted by Gasteiger charge is -2.59. The van der Waals surface area contributed by atoms with Gasteiger partial charge in [-0.05, 0) is 68.6 Å². The molecule has 4 aliphatic carbocycles. The van der Waals surface area contributed by atoms with Crippen molar-refractivity contribution >= 4 is 5.95 Å². The van der Waals surface area contributed by atoms with E-state index in [-0.39, 0.29) is 0 Å². The second-order valence-corrected chi connectivity index (χ2v) is 7.84. The summed E-state index contributed by atoms with van der Waals surface area (Å²) in [4.78, 5) is 4.51. The van der Waals surface area contributed by atoms with E-state index in [4.69, 9.17) is 0 Å². The first-order valence-electron chi connectivity index (χ1n) is 8.57. The Hall–Kier alpha value is -1.25. The van der Waals surface area contributed by atoms with Crippen LogP contribution >= 0.6 is 0 Å². The van der Waals surface area contributed by atoms with Crippen LogP contribution in [-0.2, 0) is 6.54 Å². The van der Waals surface area contributed by atoms with Crippen LogP contribution in [0, 0.1) is 23.2 Å². The number of nitrogens with one attached hydrogen (secondary N) is 1. The average Bonchev–Trinajstić information content (AvgIpc) is 2.85. The molecule has 4 saturated carbocycles. The van der Waals surface area contributed by atoms with Crippen molar-refractivity contribution < 1.29 is 0 Å². The van der Waals surface area contributed by atoms with Gasteiger partial charge in [-0.1, -0.05) is 6.08 Å². The highest BCUT2D eigenvalue weighted by Gasteiger charge is 2.53.